The molecule has 0 aliphatic carbocycles. The van der Waals surface area contributed by atoms with Crippen LogP contribution in [0.3, 0.4) is 0 Å². The third-order valence-corrected chi connectivity index (χ3v) is 4.56. The molecule has 26 heavy (non-hydrogen) atoms. The number of rotatable bonds is 9. The quantitative estimate of drug-likeness (QED) is 0.516. The molecule has 0 saturated heterocycles. The number of nitrogens with zero attached hydrogens (tertiary/aromatic N) is 1. The van der Waals surface area contributed by atoms with Crippen molar-refractivity contribution in [2.24, 2.45) is 0 Å². The summed E-state index contributed by atoms with van der Waals surface area (Å²) in [6.45, 7) is 2.12. The Morgan fingerprint density at radius 3 is 2.73 bits per heavy atom. The summed E-state index contributed by atoms with van der Waals surface area (Å²) in [6.07, 6.45) is 4.46. The normalized spacial score (nSPS) is 10.7. The Labute approximate surface area is 161 Å². The van der Waals surface area contributed by atoms with Crippen LogP contribution in [0.4, 0.5) is 0 Å². The Kier molecular flexibility index (Phi) is 6.68. The van der Waals surface area contributed by atoms with Crippen LogP contribution in [0.1, 0.15) is 16.8 Å². The number of aromatic amines is 1. The molecule has 0 unspecified atom stereocenters. The molecule has 5 nitrogen and oxygen atoms in total. The van der Waals surface area contributed by atoms with Gasteiger partial charge >= 0.3 is 0 Å². The molecular formula is C20H22BrN3O2. The number of ether oxygens (including phenoxy) is 2. The zero-order valence-electron chi connectivity index (χ0n) is 14.7. The van der Waals surface area contributed by atoms with Crippen molar-refractivity contribution in [2.75, 3.05) is 13.7 Å². The molecular weight excluding hydrogens is 394 g/mol. The number of hydrogen-bond donors (Lipinski definition) is 2. The second-order valence-electron chi connectivity index (χ2n) is 5.89. The summed E-state index contributed by atoms with van der Waals surface area (Å²) in [5, 5.41) is 3.43. The van der Waals surface area contributed by atoms with E-state index in [-0.39, 0.29) is 0 Å². The lowest BCUT2D eigenvalue weighted by atomic mass is 10.2. The molecule has 1 heterocycles. The Hall–Kier alpha value is -2.31. The molecule has 0 aliphatic heterocycles. The third-order valence-electron chi connectivity index (χ3n) is 3.97. The highest BCUT2D eigenvalue weighted by molar-refractivity contribution is 9.10. The van der Waals surface area contributed by atoms with Crippen LogP contribution in [-0.2, 0) is 19.6 Å². The topological polar surface area (TPSA) is 59.2 Å². The maximum atomic E-state index is 5.97. The standard InChI is InChI=1S/C20H22BrN3O2/c1-25-19-10-16(11-22-8-7-17-12-23-14-24-17)9-18(21)20(19)26-13-15-5-3-2-4-6-15/h2-6,9-10,12,14,22H,7-8,11,13H2,1H3,(H,23,24). The number of H-pyrrole nitrogens is 1. The molecule has 0 saturated carbocycles. The van der Waals surface area contributed by atoms with E-state index in [0.29, 0.717) is 6.61 Å². The first-order chi connectivity index (χ1) is 12.8. The highest BCUT2D eigenvalue weighted by atomic mass is 79.9. The van der Waals surface area contributed by atoms with Crippen molar-refractivity contribution >= 4 is 15.9 Å². The van der Waals surface area contributed by atoms with Crippen LogP contribution >= 0.6 is 15.9 Å². The second kappa shape index (κ2) is 9.40. The van der Waals surface area contributed by atoms with E-state index in [1.165, 1.54) is 0 Å². The largest absolute Gasteiger partial charge is 0.493 e. The average molecular weight is 416 g/mol. The fourth-order valence-corrected chi connectivity index (χ4v) is 3.23. The molecule has 2 N–H and O–H groups in total. The zero-order valence-corrected chi connectivity index (χ0v) is 16.3. The summed E-state index contributed by atoms with van der Waals surface area (Å²) in [4.78, 5) is 7.13. The van der Waals surface area contributed by atoms with E-state index < -0.39 is 0 Å². The number of aromatic nitrogens is 2. The second-order valence-corrected chi connectivity index (χ2v) is 6.74. The van der Waals surface area contributed by atoms with Gasteiger partial charge in [0.15, 0.2) is 11.5 Å². The Balaban J connectivity index is 1.59. The first-order valence-corrected chi connectivity index (χ1v) is 9.26. The number of hydrogen-bond acceptors (Lipinski definition) is 4. The van der Waals surface area contributed by atoms with E-state index in [4.69, 9.17) is 9.47 Å². The average Bonchev–Trinajstić information content (AvgIpc) is 3.18. The molecule has 0 aliphatic rings. The lowest BCUT2D eigenvalue weighted by Crippen LogP contribution is -2.17. The van der Waals surface area contributed by atoms with E-state index in [0.717, 1.165) is 52.3 Å². The first-order valence-electron chi connectivity index (χ1n) is 8.47. The van der Waals surface area contributed by atoms with Crippen LogP contribution in [0, 0.1) is 0 Å². The van der Waals surface area contributed by atoms with Crippen molar-refractivity contribution in [3.05, 3.63) is 76.3 Å². The van der Waals surface area contributed by atoms with Gasteiger partial charge < -0.3 is 19.8 Å². The minimum absolute atomic E-state index is 0.498. The summed E-state index contributed by atoms with van der Waals surface area (Å²) >= 11 is 3.61. The maximum Gasteiger partial charge on any atom is 0.175 e. The van der Waals surface area contributed by atoms with Gasteiger partial charge in [0.05, 0.1) is 17.9 Å². The number of benzene rings is 2. The Morgan fingerprint density at radius 1 is 1.15 bits per heavy atom. The van der Waals surface area contributed by atoms with Gasteiger partial charge in [-0.1, -0.05) is 30.3 Å². The van der Waals surface area contributed by atoms with Gasteiger partial charge in [-0.25, -0.2) is 4.98 Å². The highest BCUT2D eigenvalue weighted by Gasteiger charge is 2.12. The van der Waals surface area contributed by atoms with E-state index in [2.05, 4.69) is 37.3 Å². The Bertz CT molecular complexity index is 807. The molecule has 6 heteroatoms. The predicted molar refractivity (Wildman–Crippen MR) is 105 cm³/mol. The molecule has 1 aromatic heterocycles. The first kappa shape index (κ1) is 18.5. The fourth-order valence-electron chi connectivity index (χ4n) is 2.62. The highest BCUT2D eigenvalue weighted by Crippen LogP contribution is 2.37. The summed E-state index contributed by atoms with van der Waals surface area (Å²) in [5.41, 5.74) is 3.37. The van der Waals surface area contributed by atoms with Gasteiger partial charge in [-0.05, 0) is 39.2 Å². The Morgan fingerprint density at radius 2 is 2.00 bits per heavy atom. The van der Waals surface area contributed by atoms with Crippen LogP contribution in [0.15, 0.2) is 59.5 Å². The summed E-state index contributed by atoms with van der Waals surface area (Å²) in [7, 11) is 1.66. The van der Waals surface area contributed by atoms with Gasteiger partial charge in [0.2, 0.25) is 0 Å². The van der Waals surface area contributed by atoms with E-state index >= 15 is 0 Å². The molecule has 0 fully saturated rings. The monoisotopic (exact) mass is 415 g/mol. The van der Waals surface area contributed by atoms with Crippen molar-refractivity contribution in [3.8, 4) is 11.5 Å². The van der Waals surface area contributed by atoms with Crippen LogP contribution in [0.2, 0.25) is 0 Å². The summed E-state index contributed by atoms with van der Waals surface area (Å²) in [6, 6.07) is 14.1. The molecule has 0 atom stereocenters. The third kappa shape index (κ3) is 5.09. The lowest BCUT2D eigenvalue weighted by molar-refractivity contribution is 0.282. The van der Waals surface area contributed by atoms with E-state index in [9.17, 15) is 0 Å². The van der Waals surface area contributed by atoms with Crippen LogP contribution < -0.4 is 14.8 Å². The van der Waals surface area contributed by atoms with Gasteiger partial charge in [0.25, 0.3) is 0 Å². The maximum absolute atomic E-state index is 5.97. The molecule has 136 valence electrons. The number of halogens is 1. The molecule has 3 rings (SSSR count). The molecule has 0 radical (unpaired) electrons. The number of nitrogens with one attached hydrogen (secondary N) is 2. The SMILES string of the molecule is COc1cc(CNCCc2cnc[nH]2)cc(Br)c1OCc1ccccc1. The van der Waals surface area contributed by atoms with Crippen molar-refractivity contribution in [2.45, 2.75) is 19.6 Å². The molecule has 0 spiro atoms. The van der Waals surface area contributed by atoms with Crippen molar-refractivity contribution in [1.82, 2.24) is 15.3 Å². The number of imidazole rings is 1. The van der Waals surface area contributed by atoms with E-state index in [1.54, 1.807) is 13.4 Å². The minimum Gasteiger partial charge on any atom is -0.493 e. The van der Waals surface area contributed by atoms with Crippen molar-refractivity contribution < 1.29 is 9.47 Å². The molecule has 3 aromatic rings. The number of methoxy groups -OCH3 is 1. The van der Waals surface area contributed by atoms with Gasteiger partial charge in [0, 0.05) is 31.4 Å². The van der Waals surface area contributed by atoms with Gasteiger partial charge in [0.1, 0.15) is 6.61 Å². The van der Waals surface area contributed by atoms with Gasteiger partial charge in [-0.3, -0.25) is 0 Å². The van der Waals surface area contributed by atoms with Crippen molar-refractivity contribution in [1.29, 1.82) is 0 Å². The van der Waals surface area contributed by atoms with E-state index in [1.807, 2.05) is 42.6 Å². The van der Waals surface area contributed by atoms with Crippen LogP contribution in [0.5, 0.6) is 11.5 Å². The molecule has 0 bridgehead atoms. The zero-order chi connectivity index (χ0) is 18.2. The summed E-state index contributed by atoms with van der Waals surface area (Å²) < 4.78 is 12.4. The molecule has 0 amide bonds. The minimum atomic E-state index is 0.498. The van der Waals surface area contributed by atoms with Gasteiger partial charge in [-0.15, -0.1) is 0 Å². The predicted octanol–water partition coefficient (Wildman–Crippen LogP) is 4.09. The summed E-state index contributed by atoms with van der Waals surface area (Å²) in [5.74, 6) is 1.44. The smallest absolute Gasteiger partial charge is 0.175 e. The molecule has 2 aromatic carbocycles. The van der Waals surface area contributed by atoms with Crippen LogP contribution in [0.25, 0.3) is 0 Å². The van der Waals surface area contributed by atoms with Crippen molar-refractivity contribution in [3.63, 3.8) is 0 Å². The van der Waals surface area contributed by atoms with Gasteiger partial charge in [-0.2, -0.15) is 0 Å². The van der Waals surface area contributed by atoms with Crippen LogP contribution in [-0.4, -0.2) is 23.6 Å². The lowest BCUT2D eigenvalue weighted by Gasteiger charge is -2.15. The fraction of sp³-hybridized carbons (Fsp3) is 0.250.